The highest BCUT2D eigenvalue weighted by Crippen LogP contribution is 2.18. The van der Waals surface area contributed by atoms with Gasteiger partial charge in [-0.2, -0.15) is 5.26 Å². The lowest BCUT2D eigenvalue weighted by Crippen LogP contribution is -2.41. The molecule has 0 aliphatic carbocycles. The number of amides is 1. The van der Waals surface area contributed by atoms with Crippen LogP contribution < -0.4 is 5.32 Å². The zero-order valence-corrected chi connectivity index (χ0v) is 12.2. The standard InChI is InChI=1S/C13H16N4O3S/c14-7-10(8-16-13-15-3-6-21-13)11(18)17-4-1-9(2-5-17)12(19)20/h8-9H,1-6H2,(H,15,16)(H,19,20)/b10-8-. The molecule has 8 heteroatoms. The maximum Gasteiger partial charge on any atom is 0.306 e. The number of carboxylic acids is 1. The molecular weight excluding hydrogens is 292 g/mol. The number of rotatable bonds is 3. The van der Waals surface area contributed by atoms with Crippen molar-refractivity contribution in [3.63, 3.8) is 0 Å². The minimum Gasteiger partial charge on any atom is -0.481 e. The largest absolute Gasteiger partial charge is 0.481 e. The van der Waals surface area contributed by atoms with Crippen molar-refractivity contribution < 1.29 is 14.7 Å². The van der Waals surface area contributed by atoms with Crippen LogP contribution in [-0.4, -0.2) is 52.4 Å². The highest BCUT2D eigenvalue weighted by atomic mass is 32.2. The summed E-state index contributed by atoms with van der Waals surface area (Å²) in [5, 5.41) is 21.6. The van der Waals surface area contributed by atoms with Gasteiger partial charge in [-0.05, 0) is 12.8 Å². The second-order valence-electron chi connectivity index (χ2n) is 4.75. The van der Waals surface area contributed by atoms with Crippen LogP contribution in [-0.2, 0) is 9.59 Å². The van der Waals surface area contributed by atoms with Gasteiger partial charge < -0.3 is 15.3 Å². The number of hydrogen-bond acceptors (Lipinski definition) is 6. The Morgan fingerprint density at radius 1 is 1.48 bits per heavy atom. The fraction of sp³-hybridized carbons (Fsp3) is 0.538. The molecule has 2 aliphatic heterocycles. The molecule has 0 aromatic heterocycles. The third-order valence-corrected chi connectivity index (χ3v) is 4.31. The molecule has 0 saturated carbocycles. The van der Waals surface area contributed by atoms with Gasteiger partial charge in [0.2, 0.25) is 0 Å². The minimum atomic E-state index is -0.823. The predicted octanol–water partition coefficient (Wildman–Crippen LogP) is 0.409. The van der Waals surface area contributed by atoms with Gasteiger partial charge in [-0.1, -0.05) is 11.8 Å². The van der Waals surface area contributed by atoms with Crippen molar-refractivity contribution in [1.29, 1.82) is 5.26 Å². The van der Waals surface area contributed by atoms with Crippen molar-refractivity contribution in [3.05, 3.63) is 11.8 Å². The first-order valence-corrected chi connectivity index (χ1v) is 7.66. The molecule has 0 aromatic rings. The molecule has 2 N–H and O–H groups in total. The van der Waals surface area contributed by atoms with E-state index in [1.165, 1.54) is 11.1 Å². The number of nitriles is 1. The second kappa shape index (κ2) is 7.13. The summed E-state index contributed by atoms with van der Waals surface area (Å²) in [6, 6.07) is 1.88. The van der Waals surface area contributed by atoms with Crippen LogP contribution in [0.25, 0.3) is 0 Å². The van der Waals surface area contributed by atoms with Gasteiger partial charge in [-0.15, -0.1) is 0 Å². The molecule has 0 atom stereocenters. The maximum absolute atomic E-state index is 12.2. The zero-order valence-electron chi connectivity index (χ0n) is 11.4. The maximum atomic E-state index is 12.2. The molecule has 2 aliphatic rings. The Balaban J connectivity index is 1.93. The summed E-state index contributed by atoms with van der Waals surface area (Å²) in [5.74, 6) is -0.686. The molecule has 0 spiro atoms. The van der Waals surface area contributed by atoms with E-state index in [1.807, 2.05) is 6.07 Å². The number of aliphatic imine (C=N–C) groups is 1. The second-order valence-corrected chi connectivity index (χ2v) is 5.84. The topological polar surface area (TPSA) is 106 Å². The number of carbonyl (C=O) groups is 2. The Kier molecular flexibility index (Phi) is 5.22. The number of thioether (sulfide) groups is 1. The van der Waals surface area contributed by atoms with Crippen LogP contribution in [0, 0.1) is 17.2 Å². The Labute approximate surface area is 126 Å². The quantitative estimate of drug-likeness (QED) is 0.578. The van der Waals surface area contributed by atoms with Gasteiger partial charge in [-0.3, -0.25) is 14.6 Å². The number of carboxylic acid groups (broad SMARTS) is 1. The molecular formula is C13H16N4O3S. The summed E-state index contributed by atoms with van der Waals surface area (Å²) >= 11 is 1.54. The fourth-order valence-corrected chi connectivity index (χ4v) is 2.90. The van der Waals surface area contributed by atoms with E-state index in [0.717, 1.165) is 12.3 Å². The van der Waals surface area contributed by atoms with Crippen molar-refractivity contribution >= 4 is 28.8 Å². The van der Waals surface area contributed by atoms with Gasteiger partial charge in [-0.25, -0.2) is 0 Å². The SMILES string of the molecule is N#C/C(=C/NC1=NCCS1)C(=O)N1CCC(C(=O)O)CC1. The normalized spacial score (nSPS) is 19.9. The van der Waals surface area contributed by atoms with Crippen molar-refractivity contribution in [3.8, 4) is 6.07 Å². The van der Waals surface area contributed by atoms with E-state index >= 15 is 0 Å². The average molecular weight is 308 g/mol. The number of piperidine rings is 1. The van der Waals surface area contributed by atoms with Crippen LogP contribution in [0.1, 0.15) is 12.8 Å². The lowest BCUT2D eigenvalue weighted by Gasteiger charge is -2.29. The summed E-state index contributed by atoms with van der Waals surface area (Å²) in [7, 11) is 0. The minimum absolute atomic E-state index is 0.0129. The third-order valence-electron chi connectivity index (χ3n) is 3.41. The Hall–Kier alpha value is -2.01. The number of nitrogens with one attached hydrogen (secondary N) is 1. The summed E-state index contributed by atoms with van der Waals surface area (Å²) in [6.45, 7) is 1.47. The highest BCUT2D eigenvalue weighted by molar-refractivity contribution is 8.14. The first-order valence-electron chi connectivity index (χ1n) is 6.68. The van der Waals surface area contributed by atoms with Crippen LogP contribution in [0.4, 0.5) is 0 Å². The van der Waals surface area contributed by atoms with Gasteiger partial charge in [0.25, 0.3) is 5.91 Å². The smallest absolute Gasteiger partial charge is 0.306 e. The van der Waals surface area contributed by atoms with E-state index in [9.17, 15) is 9.59 Å². The molecule has 0 radical (unpaired) electrons. The Morgan fingerprint density at radius 2 is 2.19 bits per heavy atom. The van der Waals surface area contributed by atoms with E-state index in [0.29, 0.717) is 31.1 Å². The Bertz CT molecular complexity index is 530. The first-order chi connectivity index (χ1) is 10.1. The molecule has 0 unspecified atom stereocenters. The molecule has 7 nitrogen and oxygen atoms in total. The molecule has 0 bridgehead atoms. The lowest BCUT2D eigenvalue weighted by atomic mass is 9.97. The van der Waals surface area contributed by atoms with Crippen LogP contribution in [0.2, 0.25) is 0 Å². The number of likely N-dealkylation sites (tertiary alicyclic amines) is 1. The van der Waals surface area contributed by atoms with Crippen LogP contribution in [0.15, 0.2) is 16.8 Å². The molecule has 2 rings (SSSR count). The summed E-state index contributed by atoms with van der Waals surface area (Å²) in [5.41, 5.74) is 0.0129. The Morgan fingerprint density at radius 3 is 2.71 bits per heavy atom. The number of hydrogen-bond donors (Lipinski definition) is 2. The molecule has 1 fully saturated rings. The van der Waals surface area contributed by atoms with E-state index < -0.39 is 11.9 Å². The summed E-state index contributed by atoms with van der Waals surface area (Å²) < 4.78 is 0. The third kappa shape index (κ3) is 3.98. The molecule has 1 amide bonds. The predicted molar refractivity (Wildman–Crippen MR) is 78.5 cm³/mol. The zero-order chi connectivity index (χ0) is 15.2. The average Bonchev–Trinajstić information content (AvgIpc) is 3.01. The van der Waals surface area contributed by atoms with Gasteiger partial charge in [0.1, 0.15) is 11.6 Å². The van der Waals surface area contributed by atoms with E-state index in [-0.39, 0.29) is 11.5 Å². The van der Waals surface area contributed by atoms with Crippen LogP contribution >= 0.6 is 11.8 Å². The molecule has 21 heavy (non-hydrogen) atoms. The van der Waals surface area contributed by atoms with Crippen molar-refractivity contribution in [2.45, 2.75) is 12.8 Å². The van der Waals surface area contributed by atoms with Gasteiger partial charge in [0, 0.05) is 25.0 Å². The molecule has 112 valence electrons. The first kappa shape index (κ1) is 15.4. The number of amidine groups is 1. The lowest BCUT2D eigenvalue weighted by molar-refractivity contribution is -0.145. The summed E-state index contributed by atoms with van der Waals surface area (Å²) in [6.07, 6.45) is 2.23. The molecule has 2 heterocycles. The number of nitrogens with zero attached hydrogens (tertiary/aromatic N) is 3. The van der Waals surface area contributed by atoms with E-state index in [1.54, 1.807) is 11.8 Å². The van der Waals surface area contributed by atoms with Gasteiger partial charge >= 0.3 is 5.97 Å². The fourth-order valence-electron chi connectivity index (χ4n) is 2.20. The van der Waals surface area contributed by atoms with Crippen molar-refractivity contribution in [2.24, 2.45) is 10.9 Å². The van der Waals surface area contributed by atoms with Crippen molar-refractivity contribution in [1.82, 2.24) is 10.2 Å². The van der Waals surface area contributed by atoms with Crippen molar-refractivity contribution in [2.75, 3.05) is 25.4 Å². The van der Waals surface area contributed by atoms with Gasteiger partial charge in [0.05, 0.1) is 12.5 Å². The van der Waals surface area contributed by atoms with Crippen LogP contribution in [0.3, 0.4) is 0 Å². The monoisotopic (exact) mass is 308 g/mol. The number of aliphatic carboxylic acids is 1. The highest BCUT2D eigenvalue weighted by Gasteiger charge is 2.28. The van der Waals surface area contributed by atoms with Crippen LogP contribution in [0.5, 0.6) is 0 Å². The number of carbonyl (C=O) groups excluding carboxylic acids is 1. The van der Waals surface area contributed by atoms with E-state index in [4.69, 9.17) is 10.4 Å². The molecule has 1 saturated heterocycles. The van der Waals surface area contributed by atoms with E-state index in [2.05, 4.69) is 10.3 Å². The molecule has 0 aromatic carbocycles. The summed E-state index contributed by atoms with van der Waals surface area (Å²) in [4.78, 5) is 28.8. The van der Waals surface area contributed by atoms with Gasteiger partial charge in [0.15, 0.2) is 5.17 Å².